The van der Waals surface area contributed by atoms with Crippen molar-refractivity contribution >= 4 is 5.91 Å². The van der Waals surface area contributed by atoms with Crippen LogP contribution in [-0.4, -0.2) is 34.9 Å². The van der Waals surface area contributed by atoms with Crippen molar-refractivity contribution in [3.8, 4) is 0 Å². The molecular weight excluding hydrogens is 446 g/mol. The molecule has 216 valence electrons. The van der Waals surface area contributed by atoms with Crippen LogP contribution < -0.4 is 5.32 Å². The summed E-state index contributed by atoms with van der Waals surface area (Å²) in [5, 5.41) is 22.9. The quantitative estimate of drug-likeness (QED) is 0.0877. The van der Waals surface area contributed by atoms with Crippen LogP contribution in [0, 0.1) is 0 Å². The van der Waals surface area contributed by atoms with E-state index in [0.29, 0.717) is 12.8 Å². The lowest BCUT2D eigenvalue weighted by atomic mass is 10.0. The van der Waals surface area contributed by atoms with Gasteiger partial charge in [-0.3, -0.25) is 4.79 Å². The van der Waals surface area contributed by atoms with Crippen LogP contribution >= 0.6 is 0 Å². The molecule has 0 aliphatic carbocycles. The van der Waals surface area contributed by atoms with Gasteiger partial charge < -0.3 is 15.5 Å². The number of unbranched alkanes of at least 4 members (excludes halogenated alkanes) is 22. The van der Waals surface area contributed by atoms with Crippen molar-refractivity contribution in [3.05, 3.63) is 0 Å². The van der Waals surface area contributed by atoms with Crippen LogP contribution in [0.2, 0.25) is 0 Å². The number of aliphatic hydroxyl groups excluding tert-OH is 2. The van der Waals surface area contributed by atoms with Crippen LogP contribution in [0.25, 0.3) is 0 Å². The largest absolute Gasteiger partial charge is 0.394 e. The van der Waals surface area contributed by atoms with Crippen molar-refractivity contribution in [1.82, 2.24) is 5.32 Å². The van der Waals surface area contributed by atoms with Crippen LogP contribution in [0.15, 0.2) is 0 Å². The van der Waals surface area contributed by atoms with Crippen LogP contribution in [0.4, 0.5) is 0 Å². The highest BCUT2D eigenvalue weighted by Gasteiger charge is 2.19. The highest BCUT2D eigenvalue weighted by Crippen LogP contribution is 2.15. The maximum absolute atomic E-state index is 12.2. The maximum atomic E-state index is 12.2. The minimum absolute atomic E-state index is 0.0323. The van der Waals surface area contributed by atoms with Crippen LogP contribution in [0.5, 0.6) is 0 Å². The summed E-state index contributed by atoms with van der Waals surface area (Å²) in [5.74, 6) is -0.0323. The lowest BCUT2D eigenvalue weighted by molar-refractivity contribution is -0.123. The molecule has 0 rings (SSSR count). The van der Waals surface area contributed by atoms with Crippen molar-refractivity contribution in [2.45, 2.75) is 193 Å². The second-order valence-corrected chi connectivity index (χ2v) is 11.2. The van der Waals surface area contributed by atoms with E-state index < -0.39 is 12.1 Å². The van der Waals surface area contributed by atoms with Gasteiger partial charge in [-0.05, 0) is 12.8 Å². The van der Waals surface area contributed by atoms with Gasteiger partial charge in [-0.15, -0.1) is 0 Å². The molecule has 0 saturated carbocycles. The van der Waals surface area contributed by atoms with E-state index in [0.717, 1.165) is 25.7 Å². The van der Waals surface area contributed by atoms with Crippen molar-refractivity contribution in [3.63, 3.8) is 0 Å². The number of rotatable bonds is 29. The summed E-state index contributed by atoms with van der Waals surface area (Å²) in [7, 11) is 0. The SMILES string of the molecule is CCCCCCCCCCCCCCCC(=O)NC(CO)C(O)CCCCCCCCCCCCC. The zero-order valence-electron chi connectivity index (χ0n) is 24.5. The first-order valence-electron chi connectivity index (χ1n) is 16.2. The molecule has 4 heteroatoms. The molecule has 0 bridgehead atoms. The smallest absolute Gasteiger partial charge is 0.220 e. The number of hydrogen-bond acceptors (Lipinski definition) is 3. The molecule has 0 aromatic heterocycles. The molecule has 3 N–H and O–H groups in total. The van der Waals surface area contributed by atoms with Crippen molar-refractivity contribution in [2.24, 2.45) is 0 Å². The van der Waals surface area contributed by atoms with E-state index in [9.17, 15) is 15.0 Å². The summed E-state index contributed by atoms with van der Waals surface area (Å²) in [4.78, 5) is 12.2. The zero-order chi connectivity index (χ0) is 26.5. The summed E-state index contributed by atoms with van der Waals surface area (Å²) in [6.45, 7) is 4.34. The Bertz CT molecular complexity index is 443. The maximum Gasteiger partial charge on any atom is 0.220 e. The first kappa shape index (κ1) is 35.4. The lowest BCUT2D eigenvalue weighted by Crippen LogP contribution is -2.45. The fourth-order valence-corrected chi connectivity index (χ4v) is 5.06. The average molecular weight is 512 g/mol. The van der Waals surface area contributed by atoms with Crippen LogP contribution in [0.1, 0.15) is 181 Å². The third-order valence-corrected chi connectivity index (χ3v) is 7.62. The van der Waals surface area contributed by atoms with E-state index in [1.165, 1.54) is 128 Å². The molecule has 0 radical (unpaired) electrons. The monoisotopic (exact) mass is 511 g/mol. The van der Waals surface area contributed by atoms with Gasteiger partial charge in [0.15, 0.2) is 0 Å². The highest BCUT2D eigenvalue weighted by atomic mass is 16.3. The number of aliphatic hydroxyl groups is 2. The molecule has 2 atom stereocenters. The van der Waals surface area contributed by atoms with E-state index in [1.807, 2.05) is 0 Å². The van der Waals surface area contributed by atoms with Gasteiger partial charge >= 0.3 is 0 Å². The lowest BCUT2D eigenvalue weighted by Gasteiger charge is -2.22. The molecule has 36 heavy (non-hydrogen) atoms. The first-order valence-corrected chi connectivity index (χ1v) is 16.2. The Kier molecular flexibility index (Phi) is 28.5. The Morgan fingerprint density at radius 2 is 0.889 bits per heavy atom. The standard InChI is InChI=1S/C32H65NO3/c1-3-5-7-9-11-13-15-16-18-20-22-24-26-28-32(36)33-30(29-34)31(35)27-25-23-21-19-17-14-12-10-8-6-4-2/h30-31,34-35H,3-29H2,1-2H3,(H,33,36). The van der Waals surface area contributed by atoms with Crippen LogP contribution in [-0.2, 0) is 4.79 Å². The number of hydrogen-bond donors (Lipinski definition) is 3. The average Bonchev–Trinajstić information content (AvgIpc) is 2.88. The normalized spacial score (nSPS) is 13.1. The Morgan fingerprint density at radius 3 is 1.25 bits per heavy atom. The van der Waals surface area contributed by atoms with Crippen molar-refractivity contribution in [1.29, 1.82) is 0 Å². The molecule has 0 aromatic carbocycles. The second-order valence-electron chi connectivity index (χ2n) is 11.2. The summed E-state index contributed by atoms with van der Waals surface area (Å²) < 4.78 is 0. The zero-order valence-corrected chi connectivity index (χ0v) is 24.5. The predicted molar refractivity (Wildman–Crippen MR) is 156 cm³/mol. The minimum atomic E-state index is -0.649. The molecular formula is C32H65NO3. The Morgan fingerprint density at radius 1 is 0.556 bits per heavy atom. The van der Waals surface area contributed by atoms with Gasteiger partial charge in [0.05, 0.1) is 18.8 Å². The van der Waals surface area contributed by atoms with Crippen LogP contribution in [0.3, 0.4) is 0 Å². The second kappa shape index (κ2) is 29.0. The molecule has 0 heterocycles. The highest BCUT2D eigenvalue weighted by molar-refractivity contribution is 5.76. The minimum Gasteiger partial charge on any atom is -0.394 e. The molecule has 1 amide bonds. The van der Waals surface area contributed by atoms with Gasteiger partial charge in [0.2, 0.25) is 5.91 Å². The molecule has 0 aromatic rings. The van der Waals surface area contributed by atoms with Gasteiger partial charge in [-0.1, -0.05) is 162 Å². The van der Waals surface area contributed by atoms with Gasteiger partial charge in [-0.25, -0.2) is 0 Å². The number of nitrogens with one attached hydrogen (secondary N) is 1. The Labute approximate surface area is 225 Å². The fourth-order valence-electron chi connectivity index (χ4n) is 5.06. The number of carbonyl (C=O) groups is 1. The summed E-state index contributed by atoms with van der Waals surface area (Å²) >= 11 is 0. The molecule has 2 unspecified atom stereocenters. The van der Waals surface area contributed by atoms with E-state index in [2.05, 4.69) is 19.2 Å². The van der Waals surface area contributed by atoms with Gasteiger partial charge in [-0.2, -0.15) is 0 Å². The summed E-state index contributed by atoms with van der Waals surface area (Å²) in [5.41, 5.74) is 0. The number of carbonyl (C=O) groups excluding carboxylic acids is 1. The number of amides is 1. The molecule has 0 fully saturated rings. The van der Waals surface area contributed by atoms with E-state index in [4.69, 9.17) is 0 Å². The first-order chi connectivity index (χ1) is 17.7. The molecule has 0 aliphatic heterocycles. The molecule has 4 nitrogen and oxygen atoms in total. The third-order valence-electron chi connectivity index (χ3n) is 7.62. The third kappa shape index (κ3) is 25.1. The van der Waals surface area contributed by atoms with E-state index in [1.54, 1.807) is 0 Å². The van der Waals surface area contributed by atoms with Crippen molar-refractivity contribution < 1.29 is 15.0 Å². The van der Waals surface area contributed by atoms with E-state index >= 15 is 0 Å². The Balaban J connectivity index is 3.56. The topological polar surface area (TPSA) is 69.6 Å². The molecule has 0 spiro atoms. The van der Waals surface area contributed by atoms with Gasteiger partial charge in [0.1, 0.15) is 0 Å². The summed E-state index contributed by atoms with van der Waals surface area (Å²) in [6, 6.07) is -0.525. The molecule has 0 saturated heterocycles. The summed E-state index contributed by atoms with van der Waals surface area (Å²) in [6.07, 6.45) is 31.4. The van der Waals surface area contributed by atoms with Gasteiger partial charge in [0, 0.05) is 6.42 Å². The predicted octanol–water partition coefficient (Wildman–Crippen LogP) is 9.01. The Hall–Kier alpha value is -0.610. The van der Waals surface area contributed by atoms with Gasteiger partial charge in [0.25, 0.3) is 0 Å². The fraction of sp³-hybridized carbons (Fsp3) is 0.969. The molecule has 0 aliphatic rings. The van der Waals surface area contributed by atoms with Crippen molar-refractivity contribution in [2.75, 3.05) is 6.61 Å². The van der Waals surface area contributed by atoms with E-state index in [-0.39, 0.29) is 12.5 Å².